The Morgan fingerprint density at radius 3 is 2.58 bits per heavy atom. The summed E-state index contributed by atoms with van der Waals surface area (Å²) in [6.45, 7) is 2.92. The van der Waals surface area contributed by atoms with Gasteiger partial charge in [-0.1, -0.05) is 6.07 Å². The minimum absolute atomic E-state index is 0.215. The Kier molecular flexibility index (Phi) is 5.08. The van der Waals surface area contributed by atoms with Crippen molar-refractivity contribution in [3.8, 4) is 5.75 Å². The van der Waals surface area contributed by atoms with E-state index in [4.69, 9.17) is 4.74 Å². The van der Waals surface area contributed by atoms with Crippen LogP contribution >= 0.6 is 0 Å². The van der Waals surface area contributed by atoms with E-state index in [1.54, 1.807) is 6.92 Å². The highest BCUT2D eigenvalue weighted by atomic mass is 19.1. The van der Waals surface area contributed by atoms with Crippen LogP contribution in [0.5, 0.6) is 5.75 Å². The van der Waals surface area contributed by atoms with Crippen LogP contribution in [0, 0.1) is 28.7 Å². The van der Waals surface area contributed by atoms with Crippen molar-refractivity contribution in [3.05, 3.63) is 63.7 Å². The molecule has 8 heteroatoms. The molecule has 126 valence electrons. The SMILES string of the molecule is Cc1ccc(NC(=O)C(C)Oc2cc(F)ccc2[N+](=O)[O-])cc1F. The highest BCUT2D eigenvalue weighted by molar-refractivity contribution is 5.94. The summed E-state index contributed by atoms with van der Waals surface area (Å²) in [5.41, 5.74) is 0.178. The molecule has 0 saturated heterocycles. The second-order valence-electron chi connectivity index (χ2n) is 5.08. The van der Waals surface area contributed by atoms with Gasteiger partial charge < -0.3 is 10.1 Å². The Labute approximate surface area is 136 Å². The molecule has 0 fully saturated rings. The van der Waals surface area contributed by atoms with E-state index in [-0.39, 0.29) is 11.4 Å². The van der Waals surface area contributed by atoms with Crippen molar-refractivity contribution in [1.82, 2.24) is 0 Å². The van der Waals surface area contributed by atoms with E-state index in [2.05, 4.69) is 5.32 Å². The van der Waals surface area contributed by atoms with Crippen LogP contribution in [0.25, 0.3) is 0 Å². The molecule has 0 aliphatic heterocycles. The number of carbonyl (C=O) groups excluding carboxylic acids is 1. The van der Waals surface area contributed by atoms with Crippen LogP contribution in [0.4, 0.5) is 20.2 Å². The van der Waals surface area contributed by atoms with Gasteiger partial charge in [0.15, 0.2) is 6.10 Å². The van der Waals surface area contributed by atoms with Crippen LogP contribution in [0.2, 0.25) is 0 Å². The Hall–Kier alpha value is -3.03. The number of halogens is 2. The van der Waals surface area contributed by atoms with Gasteiger partial charge >= 0.3 is 5.69 Å². The summed E-state index contributed by atoms with van der Waals surface area (Å²) >= 11 is 0. The van der Waals surface area contributed by atoms with E-state index >= 15 is 0 Å². The average molecular weight is 336 g/mol. The number of nitrogens with zero attached hydrogens (tertiary/aromatic N) is 1. The summed E-state index contributed by atoms with van der Waals surface area (Å²) in [7, 11) is 0. The van der Waals surface area contributed by atoms with E-state index in [9.17, 15) is 23.7 Å². The lowest BCUT2D eigenvalue weighted by Crippen LogP contribution is -2.30. The maximum absolute atomic E-state index is 13.5. The lowest BCUT2D eigenvalue weighted by Gasteiger charge is -2.15. The Balaban J connectivity index is 2.13. The van der Waals surface area contributed by atoms with Crippen LogP contribution in [-0.2, 0) is 4.79 Å². The van der Waals surface area contributed by atoms with Crippen molar-refractivity contribution in [2.75, 3.05) is 5.32 Å². The summed E-state index contributed by atoms with van der Waals surface area (Å²) in [5, 5.41) is 13.3. The lowest BCUT2D eigenvalue weighted by molar-refractivity contribution is -0.386. The van der Waals surface area contributed by atoms with Gasteiger partial charge in [-0.3, -0.25) is 14.9 Å². The largest absolute Gasteiger partial charge is 0.474 e. The molecule has 24 heavy (non-hydrogen) atoms. The van der Waals surface area contributed by atoms with E-state index in [0.717, 1.165) is 24.3 Å². The van der Waals surface area contributed by atoms with Crippen molar-refractivity contribution in [2.45, 2.75) is 20.0 Å². The first kappa shape index (κ1) is 17.3. The molecule has 0 bridgehead atoms. The second-order valence-corrected chi connectivity index (χ2v) is 5.08. The summed E-state index contributed by atoms with van der Waals surface area (Å²) in [6, 6.07) is 6.84. The number of benzene rings is 2. The molecule has 1 N–H and O–H groups in total. The van der Waals surface area contributed by atoms with E-state index < -0.39 is 34.3 Å². The molecule has 2 aromatic carbocycles. The van der Waals surface area contributed by atoms with E-state index in [1.807, 2.05) is 0 Å². The minimum Gasteiger partial charge on any atom is -0.474 e. The zero-order valence-corrected chi connectivity index (χ0v) is 12.9. The van der Waals surface area contributed by atoms with Gasteiger partial charge in [-0.15, -0.1) is 0 Å². The molecule has 2 aromatic rings. The van der Waals surface area contributed by atoms with Gasteiger partial charge in [0, 0.05) is 17.8 Å². The maximum atomic E-state index is 13.5. The molecule has 1 unspecified atom stereocenters. The van der Waals surface area contributed by atoms with Crippen molar-refractivity contribution in [2.24, 2.45) is 0 Å². The highest BCUT2D eigenvalue weighted by Gasteiger charge is 2.22. The monoisotopic (exact) mass is 336 g/mol. The fourth-order valence-corrected chi connectivity index (χ4v) is 1.89. The molecule has 6 nitrogen and oxygen atoms in total. The van der Waals surface area contributed by atoms with Crippen LogP contribution in [-0.4, -0.2) is 16.9 Å². The molecule has 0 aliphatic carbocycles. The molecule has 0 spiro atoms. The lowest BCUT2D eigenvalue weighted by atomic mass is 10.2. The first-order chi connectivity index (χ1) is 11.3. The van der Waals surface area contributed by atoms with Gasteiger partial charge in [-0.05, 0) is 37.6 Å². The topological polar surface area (TPSA) is 81.5 Å². The number of nitro benzene ring substituents is 1. The molecule has 0 heterocycles. The summed E-state index contributed by atoms with van der Waals surface area (Å²) in [6.07, 6.45) is -1.16. The van der Waals surface area contributed by atoms with Crippen molar-refractivity contribution in [1.29, 1.82) is 0 Å². The number of hydrogen-bond acceptors (Lipinski definition) is 4. The average Bonchev–Trinajstić information content (AvgIpc) is 2.50. The Bertz CT molecular complexity index is 796. The van der Waals surface area contributed by atoms with E-state index in [0.29, 0.717) is 5.56 Å². The molecule has 0 aromatic heterocycles. The molecule has 0 saturated carbocycles. The fraction of sp³-hybridized carbons (Fsp3) is 0.188. The van der Waals surface area contributed by atoms with Crippen LogP contribution < -0.4 is 10.1 Å². The van der Waals surface area contributed by atoms with E-state index in [1.165, 1.54) is 19.1 Å². The third kappa shape index (κ3) is 4.03. The van der Waals surface area contributed by atoms with Gasteiger partial charge in [0.2, 0.25) is 5.75 Å². The summed E-state index contributed by atoms with van der Waals surface area (Å²) in [4.78, 5) is 22.2. The molecule has 2 rings (SSSR count). The fourth-order valence-electron chi connectivity index (χ4n) is 1.89. The second kappa shape index (κ2) is 7.03. The Morgan fingerprint density at radius 2 is 1.96 bits per heavy atom. The van der Waals surface area contributed by atoms with Gasteiger partial charge in [-0.25, -0.2) is 8.78 Å². The highest BCUT2D eigenvalue weighted by Crippen LogP contribution is 2.28. The van der Waals surface area contributed by atoms with Gasteiger partial charge in [0.25, 0.3) is 5.91 Å². The van der Waals surface area contributed by atoms with Gasteiger partial charge in [0.05, 0.1) is 4.92 Å². The first-order valence-corrected chi connectivity index (χ1v) is 6.95. The zero-order valence-electron chi connectivity index (χ0n) is 12.9. The smallest absolute Gasteiger partial charge is 0.311 e. The zero-order chi connectivity index (χ0) is 17.9. The van der Waals surface area contributed by atoms with Crippen LogP contribution in [0.3, 0.4) is 0 Å². The first-order valence-electron chi connectivity index (χ1n) is 6.95. The third-order valence-corrected chi connectivity index (χ3v) is 3.23. The molecular formula is C16H14F2N2O4. The van der Waals surface area contributed by atoms with Crippen LogP contribution in [0.15, 0.2) is 36.4 Å². The Morgan fingerprint density at radius 1 is 1.25 bits per heavy atom. The van der Waals surface area contributed by atoms with Crippen molar-refractivity contribution >= 4 is 17.3 Å². The van der Waals surface area contributed by atoms with Crippen molar-refractivity contribution in [3.63, 3.8) is 0 Å². The number of nitro groups is 1. The number of carbonyl (C=O) groups is 1. The van der Waals surface area contributed by atoms with Crippen LogP contribution in [0.1, 0.15) is 12.5 Å². The number of amides is 1. The molecule has 1 atom stereocenters. The standard InChI is InChI=1S/C16H14F2N2O4/c1-9-3-5-12(8-13(9)18)19-16(21)10(2)24-15-7-11(17)4-6-14(15)20(22)23/h3-8,10H,1-2H3,(H,19,21). The normalized spacial score (nSPS) is 11.7. The van der Waals surface area contributed by atoms with Gasteiger partial charge in [-0.2, -0.15) is 0 Å². The molecule has 0 aliphatic rings. The maximum Gasteiger partial charge on any atom is 0.311 e. The number of hydrogen-bond donors (Lipinski definition) is 1. The summed E-state index contributed by atoms with van der Waals surface area (Å²) < 4.78 is 31.9. The predicted octanol–water partition coefficient (Wildman–Crippen LogP) is 3.59. The number of anilines is 1. The third-order valence-electron chi connectivity index (χ3n) is 3.23. The number of aryl methyl sites for hydroxylation is 1. The van der Waals surface area contributed by atoms with Crippen molar-refractivity contribution < 1.29 is 23.2 Å². The van der Waals surface area contributed by atoms with Gasteiger partial charge in [0.1, 0.15) is 11.6 Å². The minimum atomic E-state index is -1.16. The molecular weight excluding hydrogens is 322 g/mol. The number of ether oxygens (including phenoxy) is 1. The number of rotatable bonds is 5. The summed E-state index contributed by atoms with van der Waals surface area (Å²) in [5.74, 6) is -2.24. The number of nitrogens with one attached hydrogen (secondary N) is 1. The predicted molar refractivity (Wildman–Crippen MR) is 82.9 cm³/mol. The quantitative estimate of drug-likeness (QED) is 0.668. The molecule has 1 amide bonds. The molecule has 0 radical (unpaired) electrons.